The number of carbonyl (C=O) groups is 2. The van der Waals surface area contributed by atoms with E-state index in [9.17, 15) is 9.59 Å². The Hall–Kier alpha value is -4.23. The van der Waals surface area contributed by atoms with E-state index in [2.05, 4.69) is 10.4 Å². The van der Waals surface area contributed by atoms with Crippen molar-refractivity contribution in [1.82, 2.24) is 14.7 Å². The molecule has 4 aromatic rings. The zero-order chi connectivity index (χ0) is 23.3. The fourth-order valence-corrected chi connectivity index (χ4v) is 4.00. The summed E-state index contributed by atoms with van der Waals surface area (Å²) < 4.78 is 7.14. The number of amides is 2. The maximum Gasteiger partial charge on any atom is 0.255 e. The van der Waals surface area contributed by atoms with Crippen LogP contribution in [0.4, 0.5) is 5.69 Å². The maximum absolute atomic E-state index is 13.0. The molecule has 170 valence electrons. The predicted octanol–water partition coefficient (Wildman–Crippen LogP) is 4.26. The van der Waals surface area contributed by atoms with Crippen LogP contribution >= 0.6 is 0 Å². The minimum absolute atomic E-state index is 0.0616. The number of hydrogen-bond donors (Lipinski definition) is 1. The van der Waals surface area contributed by atoms with Crippen LogP contribution < -0.4 is 5.32 Å². The molecule has 2 heterocycles. The zero-order valence-electron chi connectivity index (χ0n) is 18.6. The summed E-state index contributed by atoms with van der Waals surface area (Å²) in [6.07, 6.45) is 1.74. The van der Waals surface area contributed by atoms with Gasteiger partial charge in [-0.1, -0.05) is 42.5 Å². The summed E-state index contributed by atoms with van der Waals surface area (Å²) in [5, 5.41) is 7.37. The maximum atomic E-state index is 13.0. The van der Waals surface area contributed by atoms with Crippen LogP contribution in [0.15, 0.2) is 91.1 Å². The molecule has 2 amide bonds. The number of hydrogen-bond acceptors (Lipinski definition) is 4. The Kier molecular flexibility index (Phi) is 6.18. The Bertz CT molecular complexity index is 1310. The predicted molar refractivity (Wildman–Crippen MR) is 130 cm³/mol. The van der Waals surface area contributed by atoms with Crippen molar-refractivity contribution in [2.75, 3.05) is 31.6 Å². The SMILES string of the molecule is O=C(Nc1cccc(C(=O)N2CCOCC2)c1)c1cccc(-n2nccc2-c2ccccc2)c1. The first-order valence-electron chi connectivity index (χ1n) is 11.2. The van der Waals surface area contributed by atoms with Gasteiger partial charge in [-0.15, -0.1) is 0 Å². The molecule has 1 aliphatic heterocycles. The molecule has 1 aliphatic rings. The highest BCUT2D eigenvalue weighted by atomic mass is 16.5. The molecule has 0 spiro atoms. The summed E-state index contributed by atoms with van der Waals surface area (Å²) in [4.78, 5) is 27.6. The lowest BCUT2D eigenvalue weighted by molar-refractivity contribution is 0.0303. The largest absolute Gasteiger partial charge is 0.378 e. The summed E-state index contributed by atoms with van der Waals surface area (Å²) in [5.74, 6) is -0.320. The van der Waals surface area contributed by atoms with Gasteiger partial charge in [0.2, 0.25) is 0 Å². The van der Waals surface area contributed by atoms with Crippen LogP contribution in [0.1, 0.15) is 20.7 Å². The number of rotatable bonds is 5. The van der Waals surface area contributed by atoms with E-state index in [1.165, 1.54) is 0 Å². The van der Waals surface area contributed by atoms with Gasteiger partial charge in [-0.05, 0) is 42.5 Å². The van der Waals surface area contributed by atoms with Gasteiger partial charge in [0.05, 0.1) is 30.8 Å². The van der Waals surface area contributed by atoms with Crippen LogP contribution in [-0.2, 0) is 4.74 Å². The molecule has 1 N–H and O–H groups in total. The van der Waals surface area contributed by atoms with Gasteiger partial charge in [0.25, 0.3) is 11.8 Å². The molecule has 0 aliphatic carbocycles. The summed E-state index contributed by atoms with van der Waals surface area (Å²) in [6.45, 7) is 2.22. The lowest BCUT2D eigenvalue weighted by atomic mass is 10.1. The van der Waals surface area contributed by atoms with E-state index in [4.69, 9.17) is 4.74 Å². The average molecular weight is 453 g/mol. The molecule has 7 nitrogen and oxygen atoms in total. The summed E-state index contributed by atoms with van der Waals surface area (Å²) in [6, 6.07) is 26.2. The third kappa shape index (κ3) is 4.60. The Labute approximate surface area is 197 Å². The molecule has 0 unspecified atom stereocenters. The number of ether oxygens (including phenoxy) is 1. The van der Waals surface area contributed by atoms with E-state index in [0.717, 1.165) is 16.9 Å². The Morgan fingerprint density at radius 2 is 1.59 bits per heavy atom. The second-order valence-corrected chi connectivity index (χ2v) is 7.98. The third-order valence-corrected chi connectivity index (χ3v) is 5.73. The van der Waals surface area contributed by atoms with Crippen molar-refractivity contribution in [3.63, 3.8) is 0 Å². The lowest BCUT2D eigenvalue weighted by Gasteiger charge is -2.27. The highest BCUT2D eigenvalue weighted by molar-refractivity contribution is 6.05. The van der Waals surface area contributed by atoms with E-state index in [1.54, 1.807) is 47.5 Å². The van der Waals surface area contributed by atoms with Gasteiger partial charge in [0.1, 0.15) is 0 Å². The zero-order valence-corrected chi connectivity index (χ0v) is 18.6. The van der Waals surface area contributed by atoms with Gasteiger partial charge in [-0.25, -0.2) is 4.68 Å². The van der Waals surface area contributed by atoms with Crippen molar-refractivity contribution >= 4 is 17.5 Å². The number of nitrogens with one attached hydrogen (secondary N) is 1. The molecule has 1 aromatic heterocycles. The molecule has 0 atom stereocenters. The van der Waals surface area contributed by atoms with Gasteiger partial charge in [-0.3, -0.25) is 9.59 Å². The summed E-state index contributed by atoms with van der Waals surface area (Å²) in [5.41, 5.74) is 4.37. The average Bonchev–Trinajstić information content (AvgIpc) is 3.40. The van der Waals surface area contributed by atoms with E-state index in [1.807, 2.05) is 53.2 Å². The number of aromatic nitrogens is 2. The third-order valence-electron chi connectivity index (χ3n) is 5.73. The van der Waals surface area contributed by atoms with Crippen molar-refractivity contribution in [3.05, 3.63) is 102 Å². The second kappa shape index (κ2) is 9.72. The molecule has 34 heavy (non-hydrogen) atoms. The smallest absolute Gasteiger partial charge is 0.255 e. The Morgan fingerprint density at radius 3 is 2.41 bits per heavy atom. The fourth-order valence-electron chi connectivity index (χ4n) is 4.00. The number of morpholine rings is 1. The molecule has 0 radical (unpaired) electrons. The molecule has 1 fully saturated rings. The first-order valence-corrected chi connectivity index (χ1v) is 11.2. The number of anilines is 1. The molecule has 3 aromatic carbocycles. The second-order valence-electron chi connectivity index (χ2n) is 7.98. The first kappa shape index (κ1) is 21.6. The lowest BCUT2D eigenvalue weighted by Crippen LogP contribution is -2.40. The quantitative estimate of drug-likeness (QED) is 0.491. The van der Waals surface area contributed by atoms with Crippen LogP contribution in [0.5, 0.6) is 0 Å². The Balaban J connectivity index is 1.35. The molecular weight excluding hydrogens is 428 g/mol. The molecular formula is C27H24N4O3. The van der Waals surface area contributed by atoms with Gasteiger partial charge in [0, 0.05) is 35.5 Å². The normalized spacial score (nSPS) is 13.5. The van der Waals surface area contributed by atoms with Crippen molar-refractivity contribution in [2.45, 2.75) is 0 Å². The van der Waals surface area contributed by atoms with Crippen LogP contribution in [-0.4, -0.2) is 52.8 Å². The molecule has 5 rings (SSSR count). The highest BCUT2D eigenvalue weighted by Gasteiger charge is 2.19. The summed E-state index contributed by atoms with van der Waals surface area (Å²) in [7, 11) is 0. The van der Waals surface area contributed by atoms with Gasteiger partial charge < -0.3 is 15.0 Å². The molecule has 1 saturated heterocycles. The van der Waals surface area contributed by atoms with Crippen LogP contribution in [0.25, 0.3) is 16.9 Å². The van der Waals surface area contributed by atoms with Crippen LogP contribution in [0, 0.1) is 0 Å². The van der Waals surface area contributed by atoms with Gasteiger partial charge >= 0.3 is 0 Å². The topological polar surface area (TPSA) is 76.5 Å². The number of nitrogens with zero attached hydrogens (tertiary/aromatic N) is 3. The fraction of sp³-hybridized carbons (Fsp3) is 0.148. The van der Waals surface area contributed by atoms with E-state index in [0.29, 0.717) is 43.1 Å². The van der Waals surface area contributed by atoms with E-state index < -0.39 is 0 Å². The van der Waals surface area contributed by atoms with Crippen molar-refractivity contribution in [2.24, 2.45) is 0 Å². The van der Waals surface area contributed by atoms with E-state index in [-0.39, 0.29) is 11.8 Å². The molecule has 0 saturated carbocycles. The van der Waals surface area contributed by atoms with Gasteiger partial charge in [-0.2, -0.15) is 5.10 Å². The highest BCUT2D eigenvalue weighted by Crippen LogP contribution is 2.23. The number of carbonyl (C=O) groups excluding carboxylic acids is 2. The van der Waals surface area contributed by atoms with Crippen molar-refractivity contribution in [3.8, 4) is 16.9 Å². The first-order chi connectivity index (χ1) is 16.7. The minimum Gasteiger partial charge on any atom is -0.378 e. The van der Waals surface area contributed by atoms with Crippen LogP contribution in [0.3, 0.4) is 0 Å². The summed E-state index contributed by atoms with van der Waals surface area (Å²) >= 11 is 0. The van der Waals surface area contributed by atoms with Crippen molar-refractivity contribution < 1.29 is 14.3 Å². The monoisotopic (exact) mass is 452 g/mol. The van der Waals surface area contributed by atoms with E-state index >= 15 is 0 Å². The molecule has 0 bridgehead atoms. The Morgan fingerprint density at radius 1 is 0.824 bits per heavy atom. The standard InChI is InChI=1S/C27H24N4O3/c32-26(29-23-10-4-9-22(18-23)27(33)30-14-16-34-17-15-30)21-8-5-11-24(19-21)31-25(12-13-28-31)20-6-2-1-3-7-20/h1-13,18-19H,14-17H2,(H,29,32). The van der Waals surface area contributed by atoms with Gasteiger partial charge in [0.15, 0.2) is 0 Å². The number of benzene rings is 3. The van der Waals surface area contributed by atoms with Crippen molar-refractivity contribution in [1.29, 1.82) is 0 Å². The minimum atomic E-state index is -0.258. The molecule has 7 heteroatoms. The van der Waals surface area contributed by atoms with Crippen LogP contribution in [0.2, 0.25) is 0 Å².